The van der Waals surface area contributed by atoms with E-state index >= 15 is 0 Å². The summed E-state index contributed by atoms with van der Waals surface area (Å²) in [5.41, 5.74) is 0.395. The second-order valence-corrected chi connectivity index (χ2v) is 5.41. The maximum Gasteiger partial charge on any atom is 0.348 e. The lowest BCUT2D eigenvalue weighted by Gasteiger charge is -2.14. The summed E-state index contributed by atoms with van der Waals surface area (Å²) in [6.45, 7) is 5.92. The van der Waals surface area contributed by atoms with Gasteiger partial charge in [0.25, 0.3) is 0 Å². The van der Waals surface area contributed by atoms with E-state index in [1.54, 1.807) is 0 Å². The van der Waals surface area contributed by atoms with Crippen molar-refractivity contribution in [3.8, 4) is 0 Å². The molecule has 0 N–H and O–H groups in total. The van der Waals surface area contributed by atoms with E-state index in [0.29, 0.717) is 5.57 Å². The van der Waals surface area contributed by atoms with Crippen molar-refractivity contribution >= 4 is 11.9 Å². The van der Waals surface area contributed by atoms with Gasteiger partial charge in [0.2, 0.25) is 6.10 Å². The van der Waals surface area contributed by atoms with E-state index in [0.717, 1.165) is 19.3 Å². The van der Waals surface area contributed by atoms with E-state index in [-0.39, 0.29) is 12.0 Å². The first kappa shape index (κ1) is 14.1. The van der Waals surface area contributed by atoms with Crippen LogP contribution >= 0.6 is 0 Å². The van der Waals surface area contributed by atoms with E-state index in [1.165, 1.54) is 25.7 Å². The first-order chi connectivity index (χ1) is 9.15. The van der Waals surface area contributed by atoms with Gasteiger partial charge in [-0.2, -0.15) is 0 Å². The number of unbranched alkanes of at least 4 members (excludes halogenated alkanes) is 5. The highest BCUT2D eigenvalue weighted by Gasteiger charge is 2.54. The van der Waals surface area contributed by atoms with Gasteiger partial charge in [0, 0.05) is 5.57 Å². The molecule has 3 atom stereocenters. The van der Waals surface area contributed by atoms with Crippen molar-refractivity contribution in [1.29, 1.82) is 0 Å². The zero-order chi connectivity index (χ0) is 13.8. The van der Waals surface area contributed by atoms with Gasteiger partial charge in [0.15, 0.2) is 0 Å². The van der Waals surface area contributed by atoms with Crippen LogP contribution in [-0.4, -0.2) is 24.1 Å². The summed E-state index contributed by atoms with van der Waals surface area (Å²) in [5.74, 6) is -1.11. The highest BCUT2D eigenvalue weighted by Crippen LogP contribution is 2.39. The fourth-order valence-electron chi connectivity index (χ4n) is 2.85. The summed E-state index contributed by atoms with van der Waals surface area (Å²) in [6.07, 6.45) is 7.02. The molecule has 2 heterocycles. The number of ether oxygens (including phenoxy) is 2. The van der Waals surface area contributed by atoms with Gasteiger partial charge in [-0.3, -0.25) is 0 Å². The lowest BCUT2D eigenvalue weighted by molar-refractivity contribution is -0.156. The Morgan fingerprint density at radius 3 is 2.47 bits per heavy atom. The fraction of sp³-hybridized carbons (Fsp3) is 0.733. The molecule has 0 saturated carbocycles. The minimum Gasteiger partial charge on any atom is -0.459 e. The number of cyclic esters (lactones) is 1. The summed E-state index contributed by atoms with van der Waals surface area (Å²) in [6, 6.07) is 0. The van der Waals surface area contributed by atoms with Crippen LogP contribution in [0.4, 0.5) is 0 Å². The quantitative estimate of drug-likeness (QED) is 0.404. The molecular formula is C15H22O4. The number of carbonyl (C=O) groups excluding carboxylic acids is 2. The zero-order valence-corrected chi connectivity index (χ0v) is 11.5. The number of fused-ring (bicyclic) bond motifs is 1. The lowest BCUT2D eigenvalue weighted by Crippen LogP contribution is -2.21. The molecule has 0 unspecified atom stereocenters. The topological polar surface area (TPSA) is 52.6 Å². The molecular weight excluding hydrogens is 244 g/mol. The Hall–Kier alpha value is -1.32. The first-order valence-corrected chi connectivity index (χ1v) is 7.25. The van der Waals surface area contributed by atoms with Gasteiger partial charge in [-0.15, -0.1) is 0 Å². The van der Waals surface area contributed by atoms with Crippen LogP contribution in [0.1, 0.15) is 51.9 Å². The molecule has 0 amide bonds. The van der Waals surface area contributed by atoms with Gasteiger partial charge in [-0.25, -0.2) is 9.59 Å². The maximum atomic E-state index is 11.6. The monoisotopic (exact) mass is 266 g/mol. The van der Waals surface area contributed by atoms with Crippen molar-refractivity contribution in [2.24, 2.45) is 5.92 Å². The highest BCUT2D eigenvalue weighted by atomic mass is 16.6. The predicted octanol–water partition coefficient (Wildman–Crippen LogP) is 2.76. The van der Waals surface area contributed by atoms with Crippen LogP contribution in [0.3, 0.4) is 0 Å². The second-order valence-electron chi connectivity index (χ2n) is 5.41. The molecule has 4 nitrogen and oxygen atoms in total. The van der Waals surface area contributed by atoms with Gasteiger partial charge in [-0.05, 0) is 12.8 Å². The molecule has 0 aromatic carbocycles. The lowest BCUT2D eigenvalue weighted by atomic mass is 9.90. The molecule has 0 aromatic heterocycles. The maximum absolute atomic E-state index is 11.6. The molecule has 0 bridgehead atoms. The normalized spacial score (nSPS) is 29.3. The van der Waals surface area contributed by atoms with Gasteiger partial charge < -0.3 is 9.47 Å². The van der Waals surface area contributed by atoms with Crippen molar-refractivity contribution < 1.29 is 19.1 Å². The molecule has 2 aliphatic heterocycles. The standard InChI is InChI=1S/C15H22O4/c1-3-4-5-6-7-8-9-11-12-10(2)14(16)19-13(12)15(17)18-11/h11-13H,2-9H2,1H3/t11-,12+,13+/m0/s1. The minimum absolute atomic E-state index is 0.220. The summed E-state index contributed by atoms with van der Waals surface area (Å²) in [7, 11) is 0. The van der Waals surface area contributed by atoms with Crippen molar-refractivity contribution in [2.75, 3.05) is 0 Å². The molecule has 4 heteroatoms. The second kappa shape index (κ2) is 6.22. The van der Waals surface area contributed by atoms with Crippen molar-refractivity contribution in [2.45, 2.75) is 64.1 Å². The highest BCUT2D eigenvalue weighted by molar-refractivity contribution is 5.97. The van der Waals surface area contributed by atoms with Gasteiger partial charge in [-0.1, -0.05) is 45.6 Å². The van der Waals surface area contributed by atoms with Gasteiger partial charge in [0.1, 0.15) is 6.10 Å². The number of hydrogen-bond donors (Lipinski definition) is 0. The first-order valence-electron chi connectivity index (χ1n) is 7.25. The number of carbonyl (C=O) groups is 2. The Morgan fingerprint density at radius 2 is 1.74 bits per heavy atom. The Bertz CT molecular complexity index is 374. The molecule has 106 valence electrons. The average Bonchev–Trinajstić information content (AvgIpc) is 2.84. The summed E-state index contributed by atoms with van der Waals surface area (Å²) in [5, 5.41) is 0. The molecule has 0 spiro atoms. The summed E-state index contributed by atoms with van der Waals surface area (Å²) in [4.78, 5) is 23.0. The minimum atomic E-state index is -0.731. The van der Waals surface area contributed by atoms with Crippen LogP contribution in [0, 0.1) is 5.92 Å². The fourth-order valence-corrected chi connectivity index (χ4v) is 2.85. The van der Waals surface area contributed by atoms with Crippen molar-refractivity contribution in [3.63, 3.8) is 0 Å². The zero-order valence-electron chi connectivity index (χ0n) is 11.5. The van der Waals surface area contributed by atoms with E-state index in [4.69, 9.17) is 9.47 Å². The Labute approximate surface area is 114 Å². The van der Waals surface area contributed by atoms with Gasteiger partial charge >= 0.3 is 11.9 Å². The smallest absolute Gasteiger partial charge is 0.348 e. The molecule has 0 radical (unpaired) electrons. The van der Waals surface area contributed by atoms with Crippen molar-refractivity contribution in [3.05, 3.63) is 12.2 Å². The predicted molar refractivity (Wildman–Crippen MR) is 70.4 cm³/mol. The molecule has 2 fully saturated rings. The van der Waals surface area contributed by atoms with Crippen LogP contribution in [0.5, 0.6) is 0 Å². The Morgan fingerprint density at radius 1 is 1.05 bits per heavy atom. The molecule has 2 aliphatic rings. The number of esters is 2. The summed E-state index contributed by atoms with van der Waals surface area (Å²) < 4.78 is 10.3. The van der Waals surface area contributed by atoms with Crippen molar-refractivity contribution in [1.82, 2.24) is 0 Å². The molecule has 2 saturated heterocycles. The van der Waals surface area contributed by atoms with E-state index in [9.17, 15) is 9.59 Å². The summed E-state index contributed by atoms with van der Waals surface area (Å²) >= 11 is 0. The van der Waals surface area contributed by atoms with E-state index in [1.807, 2.05) is 0 Å². The van der Waals surface area contributed by atoms with Crippen LogP contribution in [0.15, 0.2) is 12.2 Å². The van der Waals surface area contributed by atoms with Gasteiger partial charge in [0.05, 0.1) is 5.92 Å². The molecule has 19 heavy (non-hydrogen) atoms. The third-order valence-electron chi connectivity index (χ3n) is 3.97. The molecule has 0 aromatic rings. The molecule has 2 rings (SSSR count). The van der Waals surface area contributed by atoms with Crippen LogP contribution in [0.25, 0.3) is 0 Å². The average molecular weight is 266 g/mol. The van der Waals surface area contributed by atoms with E-state index in [2.05, 4.69) is 13.5 Å². The Kier molecular flexibility index (Phi) is 4.61. The molecule has 0 aliphatic carbocycles. The third-order valence-corrected chi connectivity index (χ3v) is 3.97. The van der Waals surface area contributed by atoms with Crippen LogP contribution in [0.2, 0.25) is 0 Å². The largest absolute Gasteiger partial charge is 0.459 e. The van der Waals surface area contributed by atoms with Crippen LogP contribution in [-0.2, 0) is 19.1 Å². The van der Waals surface area contributed by atoms with Crippen LogP contribution < -0.4 is 0 Å². The van der Waals surface area contributed by atoms with E-state index < -0.39 is 18.0 Å². The Balaban J connectivity index is 1.76. The third kappa shape index (κ3) is 2.99. The number of rotatable bonds is 7. The SMILES string of the molecule is C=C1C(=O)O[C@H]2C(=O)O[C@@H](CCCCCCCC)[C@@H]12. The number of hydrogen-bond acceptors (Lipinski definition) is 4.